The smallest absolute Gasteiger partial charge is 0.0604 e. The second-order valence-electron chi connectivity index (χ2n) is 21.8. The Labute approximate surface area is 377 Å². The average molecular weight is 851 g/mol. The predicted octanol–water partition coefficient (Wildman–Crippen LogP) is 15.5. The van der Waals surface area contributed by atoms with Crippen LogP contribution in [-0.4, -0.2) is 61.0 Å². The highest BCUT2D eigenvalue weighted by Crippen LogP contribution is 2.39. The Bertz CT molecular complexity index is 893. The molecule has 5 rings (SSSR count). The van der Waals surface area contributed by atoms with E-state index in [4.69, 9.17) is 23.7 Å². The van der Waals surface area contributed by atoms with Gasteiger partial charge in [-0.15, -0.1) is 0 Å². The molecule has 0 spiro atoms. The Hall–Kier alpha value is -0.200. The quantitative estimate of drug-likeness (QED) is 0.276. The molecular weight excluding hydrogens is 741 g/mol. The van der Waals surface area contributed by atoms with Crippen LogP contribution in [0.1, 0.15) is 205 Å². The summed E-state index contributed by atoms with van der Waals surface area (Å²) in [7, 11) is 0. The van der Waals surface area contributed by atoms with Gasteiger partial charge in [-0.05, 0) is 155 Å². The zero-order chi connectivity index (χ0) is 46.5. The molecule has 0 aromatic rings. The van der Waals surface area contributed by atoms with Gasteiger partial charge in [-0.1, -0.05) is 138 Å². The zero-order valence-electron chi connectivity index (χ0n) is 45.0. The molecule has 60 heavy (non-hydrogen) atoms. The first-order valence-corrected chi connectivity index (χ1v) is 26.1. The van der Waals surface area contributed by atoms with Gasteiger partial charge >= 0.3 is 0 Å². The van der Waals surface area contributed by atoms with Crippen molar-refractivity contribution in [3.8, 4) is 0 Å². The number of rotatable bonds is 5. The monoisotopic (exact) mass is 851 g/mol. The van der Waals surface area contributed by atoms with E-state index in [0.717, 1.165) is 91.3 Å². The van der Waals surface area contributed by atoms with E-state index >= 15 is 0 Å². The molecule has 0 amide bonds. The topological polar surface area (TPSA) is 46.2 Å². The number of ether oxygens (including phenoxy) is 5. The van der Waals surface area contributed by atoms with E-state index in [1.54, 1.807) is 0 Å². The lowest BCUT2D eigenvalue weighted by molar-refractivity contribution is -0.125. The van der Waals surface area contributed by atoms with Gasteiger partial charge < -0.3 is 23.7 Å². The maximum absolute atomic E-state index is 5.93. The van der Waals surface area contributed by atoms with Gasteiger partial charge in [-0.25, -0.2) is 0 Å². The van der Waals surface area contributed by atoms with Crippen molar-refractivity contribution in [2.45, 2.75) is 266 Å². The van der Waals surface area contributed by atoms with Gasteiger partial charge in [-0.3, -0.25) is 0 Å². The second kappa shape index (κ2) is 27.3. The van der Waals surface area contributed by atoms with E-state index in [0.29, 0.717) is 90.6 Å². The van der Waals surface area contributed by atoms with Crippen LogP contribution in [0.5, 0.6) is 0 Å². The molecule has 5 heteroatoms. The van der Waals surface area contributed by atoms with E-state index in [1.165, 1.54) is 0 Å². The van der Waals surface area contributed by atoms with Crippen LogP contribution in [0.4, 0.5) is 0 Å². The molecule has 0 aromatic carbocycles. The summed E-state index contributed by atoms with van der Waals surface area (Å²) in [6, 6.07) is 0. The van der Waals surface area contributed by atoms with Crippen LogP contribution < -0.4 is 0 Å². The summed E-state index contributed by atoms with van der Waals surface area (Å²) in [4.78, 5) is 0. The molecule has 0 aromatic heterocycles. The van der Waals surface area contributed by atoms with Crippen molar-refractivity contribution in [3.63, 3.8) is 0 Å². The average Bonchev–Trinajstić information content (AvgIpc) is 3.24. The van der Waals surface area contributed by atoms with Gasteiger partial charge in [0.05, 0.1) is 61.0 Å². The van der Waals surface area contributed by atoms with Crippen molar-refractivity contribution in [1.82, 2.24) is 0 Å². The van der Waals surface area contributed by atoms with Crippen molar-refractivity contribution in [2.75, 3.05) is 0 Å². The predicted molar refractivity (Wildman–Crippen MR) is 261 cm³/mol. The fraction of sp³-hybridized carbons (Fsp3) is 1.00. The van der Waals surface area contributed by atoms with E-state index in [1.807, 2.05) is 0 Å². The third-order valence-corrected chi connectivity index (χ3v) is 18.9. The maximum Gasteiger partial charge on any atom is 0.0604 e. The summed E-state index contributed by atoms with van der Waals surface area (Å²) >= 11 is 0. The highest BCUT2D eigenvalue weighted by molar-refractivity contribution is 4.87. The summed E-state index contributed by atoms with van der Waals surface area (Å²) in [6.45, 7) is 57.0. The van der Waals surface area contributed by atoms with Crippen LogP contribution in [-0.2, 0) is 23.7 Å². The minimum atomic E-state index is 0.446. The van der Waals surface area contributed by atoms with Crippen molar-refractivity contribution in [3.05, 3.63) is 0 Å². The van der Waals surface area contributed by atoms with Gasteiger partial charge in [0.1, 0.15) is 0 Å². The Morgan fingerprint density at radius 3 is 0.400 bits per heavy atom. The van der Waals surface area contributed by atoms with Gasteiger partial charge in [0.25, 0.3) is 0 Å². The Balaban J connectivity index is 0.000000375. The number of hydrogen-bond acceptors (Lipinski definition) is 5. The number of hydrogen-bond donors (Lipinski definition) is 0. The molecule has 5 fully saturated rings. The van der Waals surface area contributed by atoms with Crippen molar-refractivity contribution in [1.29, 1.82) is 0 Å². The van der Waals surface area contributed by atoms with Gasteiger partial charge in [-0.2, -0.15) is 0 Å². The van der Waals surface area contributed by atoms with Crippen LogP contribution in [0, 0.1) is 88.8 Å². The first kappa shape index (κ1) is 57.8. The lowest BCUT2D eigenvalue weighted by Crippen LogP contribution is -2.42. The van der Waals surface area contributed by atoms with Crippen molar-refractivity contribution >= 4 is 0 Å². The van der Waals surface area contributed by atoms with Crippen LogP contribution in [0.2, 0.25) is 0 Å². The van der Waals surface area contributed by atoms with Gasteiger partial charge in [0.2, 0.25) is 0 Å². The zero-order valence-corrected chi connectivity index (χ0v) is 45.0. The Morgan fingerprint density at radius 1 is 0.183 bits per heavy atom. The minimum Gasteiger partial charge on any atom is -0.375 e. The van der Waals surface area contributed by atoms with E-state index in [2.05, 4.69) is 173 Å². The summed E-state index contributed by atoms with van der Waals surface area (Å²) < 4.78 is 29.7. The van der Waals surface area contributed by atoms with E-state index in [-0.39, 0.29) is 0 Å². The minimum absolute atomic E-state index is 0.446. The van der Waals surface area contributed by atoms with Crippen LogP contribution in [0.3, 0.4) is 0 Å². The van der Waals surface area contributed by atoms with Gasteiger partial charge in [0.15, 0.2) is 0 Å². The fourth-order valence-corrected chi connectivity index (χ4v) is 11.2. The third kappa shape index (κ3) is 15.5. The maximum atomic E-state index is 5.93. The molecule has 0 aliphatic carbocycles. The summed E-state index contributed by atoms with van der Waals surface area (Å²) in [5.74, 6) is 11.2. The van der Waals surface area contributed by atoms with Crippen molar-refractivity contribution in [2.24, 2.45) is 88.8 Å². The molecule has 25 atom stereocenters. The normalized spacial score (nSPS) is 49.2. The summed E-state index contributed by atoms with van der Waals surface area (Å²) in [6.07, 6.45) is 10.5. The first-order valence-electron chi connectivity index (χ1n) is 26.1. The molecule has 5 aliphatic heterocycles. The Morgan fingerprint density at radius 2 is 0.300 bits per heavy atom. The molecule has 5 saturated heterocycles. The molecular formula is C55H110O5. The van der Waals surface area contributed by atoms with Gasteiger partial charge in [0, 0.05) is 0 Å². The molecule has 25 unspecified atom stereocenters. The highest BCUT2D eigenvalue weighted by Gasteiger charge is 2.39. The summed E-state index contributed by atoms with van der Waals surface area (Å²) in [5, 5.41) is 0. The lowest BCUT2D eigenvalue weighted by Gasteiger charge is -2.42. The molecule has 5 aliphatic rings. The van der Waals surface area contributed by atoms with Crippen LogP contribution >= 0.6 is 0 Å². The SMILES string of the molecule is CCC1OC(C)C(C)C(C)C1C.CCC1OC(C)C(C)C(C)C1C.CCC1OC(C)C(C)C(C)C1C.CCC1OC(C)C(C)C(C)C1C.CCC1OC(C)C(C)C(C)C1C. The molecule has 0 N–H and O–H groups in total. The van der Waals surface area contributed by atoms with Crippen LogP contribution in [0.25, 0.3) is 0 Å². The molecule has 0 saturated carbocycles. The molecule has 5 nitrogen and oxygen atoms in total. The van der Waals surface area contributed by atoms with E-state index < -0.39 is 0 Å². The third-order valence-electron chi connectivity index (χ3n) is 18.9. The fourth-order valence-electron chi connectivity index (χ4n) is 11.2. The van der Waals surface area contributed by atoms with Crippen molar-refractivity contribution < 1.29 is 23.7 Å². The van der Waals surface area contributed by atoms with E-state index in [9.17, 15) is 0 Å². The standard InChI is InChI=1S/5C11H22O/c5*1-6-11-9(4)7(2)8(3)10(5)12-11/h5*7-11H,6H2,1-5H3. The molecule has 0 bridgehead atoms. The Kier molecular flexibility index (Phi) is 26.3. The second-order valence-corrected chi connectivity index (χ2v) is 21.8. The lowest BCUT2D eigenvalue weighted by atomic mass is 9.76. The first-order chi connectivity index (χ1) is 27.9. The molecule has 360 valence electrons. The largest absolute Gasteiger partial charge is 0.375 e. The molecule has 0 radical (unpaired) electrons. The highest BCUT2D eigenvalue weighted by atomic mass is 16.5. The van der Waals surface area contributed by atoms with Crippen LogP contribution in [0.15, 0.2) is 0 Å². The summed E-state index contributed by atoms with van der Waals surface area (Å²) in [5.41, 5.74) is 0. The molecule has 5 heterocycles.